The van der Waals surface area contributed by atoms with Gasteiger partial charge in [0, 0.05) is 23.5 Å². The summed E-state index contributed by atoms with van der Waals surface area (Å²) in [6.45, 7) is 0. The molecule has 6 rings (SSSR count). The van der Waals surface area contributed by atoms with Gasteiger partial charge in [-0.3, -0.25) is 15.2 Å². The Bertz CT molecular complexity index is 1500. The molecule has 0 unspecified atom stereocenters. The van der Waals surface area contributed by atoms with E-state index in [1.165, 1.54) is 12.1 Å². The molecule has 0 amide bonds. The number of fused-ring (bicyclic) bond motifs is 2. The Balaban J connectivity index is 1.52. The van der Waals surface area contributed by atoms with Gasteiger partial charge in [-0.15, -0.1) is 0 Å². The van der Waals surface area contributed by atoms with Gasteiger partial charge in [-0.05, 0) is 29.8 Å². The Morgan fingerprint density at radius 3 is 2.53 bits per heavy atom. The molecule has 0 aliphatic heterocycles. The Labute approximate surface area is 168 Å². The highest BCUT2D eigenvalue weighted by Gasteiger charge is 2.17. The standard InChI is InChI=1S/C21H13FN8/c22-13-3-1-11(2-4-13)14-9-23-10-17-18(14)28-21(27-17)20-19-16(29-30-20)6-5-15(26-19)12-7-24-25-8-12/h1-10H,(H,24,25)(H,27,28)(H,29,30). The van der Waals surface area contributed by atoms with Crippen LogP contribution in [0.4, 0.5) is 4.39 Å². The van der Waals surface area contributed by atoms with E-state index in [0.717, 1.165) is 38.9 Å². The number of aromatic nitrogens is 8. The molecule has 30 heavy (non-hydrogen) atoms. The minimum absolute atomic E-state index is 0.288. The van der Waals surface area contributed by atoms with Crippen molar-refractivity contribution in [1.29, 1.82) is 0 Å². The molecule has 0 saturated heterocycles. The van der Waals surface area contributed by atoms with Crippen molar-refractivity contribution in [3.63, 3.8) is 0 Å². The molecule has 9 heteroatoms. The first-order valence-corrected chi connectivity index (χ1v) is 9.20. The maximum atomic E-state index is 13.3. The molecule has 0 aliphatic carbocycles. The van der Waals surface area contributed by atoms with E-state index in [4.69, 9.17) is 9.97 Å². The van der Waals surface area contributed by atoms with Gasteiger partial charge in [-0.2, -0.15) is 10.2 Å². The van der Waals surface area contributed by atoms with Gasteiger partial charge < -0.3 is 4.98 Å². The zero-order valence-electron chi connectivity index (χ0n) is 15.4. The monoisotopic (exact) mass is 396 g/mol. The van der Waals surface area contributed by atoms with Gasteiger partial charge in [0.15, 0.2) is 11.5 Å². The average Bonchev–Trinajstić information content (AvgIpc) is 3.52. The lowest BCUT2D eigenvalue weighted by Crippen LogP contribution is -1.86. The number of pyridine rings is 2. The van der Waals surface area contributed by atoms with E-state index in [2.05, 4.69) is 30.4 Å². The van der Waals surface area contributed by atoms with Gasteiger partial charge in [-0.1, -0.05) is 12.1 Å². The highest BCUT2D eigenvalue weighted by Crippen LogP contribution is 2.31. The van der Waals surface area contributed by atoms with Crippen LogP contribution in [0.5, 0.6) is 0 Å². The van der Waals surface area contributed by atoms with Crippen LogP contribution in [0.15, 0.2) is 61.2 Å². The van der Waals surface area contributed by atoms with Crippen molar-refractivity contribution in [1.82, 2.24) is 40.3 Å². The highest BCUT2D eigenvalue weighted by molar-refractivity contribution is 5.95. The van der Waals surface area contributed by atoms with Crippen molar-refractivity contribution in [2.45, 2.75) is 0 Å². The second kappa shape index (κ2) is 6.31. The highest BCUT2D eigenvalue weighted by atomic mass is 19.1. The van der Waals surface area contributed by atoms with E-state index in [-0.39, 0.29) is 5.82 Å². The van der Waals surface area contributed by atoms with Crippen LogP contribution in [0, 0.1) is 5.82 Å². The predicted molar refractivity (Wildman–Crippen MR) is 110 cm³/mol. The van der Waals surface area contributed by atoms with Crippen LogP contribution in [0.3, 0.4) is 0 Å². The van der Waals surface area contributed by atoms with Crippen molar-refractivity contribution < 1.29 is 4.39 Å². The maximum Gasteiger partial charge on any atom is 0.161 e. The summed E-state index contributed by atoms with van der Waals surface area (Å²) in [6.07, 6.45) is 6.93. The summed E-state index contributed by atoms with van der Waals surface area (Å²) in [6, 6.07) is 10.1. The Morgan fingerprint density at radius 2 is 1.70 bits per heavy atom. The summed E-state index contributed by atoms with van der Waals surface area (Å²) < 4.78 is 13.3. The number of hydrogen-bond donors (Lipinski definition) is 3. The van der Waals surface area contributed by atoms with Gasteiger partial charge in [0.1, 0.15) is 11.3 Å². The first-order valence-electron chi connectivity index (χ1n) is 9.20. The van der Waals surface area contributed by atoms with E-state index < -0.39 is 0 Å². The van der Waals surface area contributed by atoms with Crippen molar-refractivity contribution >= 4 is 22.1 Å². The number of rotatable bonds is 3. The number of H-pyrrole nitrogens is 3. The van der Waals surface area contributed by atoms with E-state index in [0.29, 0.717) is 17.0 Å². The average molecular weight is 396 g/mol. The lowest BCUT2D eigenvalue weighted by atomic mass is 10.1. The van der Waals surface area contributed by atoms with E-state index in [1.807, 2.05) is 12.1 Å². The summed E-state index contributed by atoms with van der Waals surface area (Å²) in [4.78, 5) is 17.1. The Hall–Kier alpha value is -4.40. The quantitative estimate of drug-likeness (QED) is 0.417. The third-order valence-electron chi connectivity index (χ3n) is 4.98. The van der Waals surface area contributed by atoms with Crippen LogP contribution in [0.25, 0.3) is 56.0 Å². The second-order valence-electron chi connectivity index (χ2n) is 6.83. The molecule has 0 aliphatic rings. The first kappa shape index (κ1) is 16.5. The van der Waals surface area contributed by atoms with Crippen molar-refractivity contribution in [3.05, 3.63) is 67.0 Å². The fraction of sp³-hybridized carbons (Fsp3) is 0. The van der Waals surface area contributed by atoms with E-state index in [9.17, 15) is 4.39 Å². The van der Waals surface area contributed by atoms with E-state index in [1.54, 1.807) is 36.9 Å². The number of benzene rings is 1. The third kappa shape index (κ3) is 2.56. The van der Waals surface area contributed by atoms with Crippen LogP contribution in [0.2, 0.25) is 0 Å². The molecule has 5 heterocycles. The Morgan fingerprint density at radius 1 is 0.800 bits per heavy atom. The lowest BCUT2D eigenvalue weighted by Gasteiger charge is -2.01. The van der Waals surface area contributed by atoms with Crippen molar-refractivity contribution in [2.75, 3.05) is 0 Å². The first-order chi connectivity index (χ1) is 14.8. The molecule has 1 aromatic carbocycles. The zero-order valence-corrected chi connectivity index (χ0v) is 15.4. The second-order valence-corrected chi connectivity index (χ2v) is 6.83. The summed E-state index contributed by atoms with van der Waals surface area (Å²) in [5, 5.41) is 14.2. The zero-order chi connectivity index (χ0) is 20.1. The van der Waals surface area contributed by atoms with Gasteiger partial charge >= 0.3 is 0 Å². The topological polar surface area (TPSA) is 112 Å². The van der Waals surface area contributed by atoms with E-state index >= 15 is 0 Å². The molecule has 6 aromatic rings. The molecule has 5 aromatic heterocycles. The summed E-state index contributed by atoms with van der Waals surface area (Å²) in [7, 11) is 0. The number of imidazole rings is 1. The van der Waals surface area contributed by atoms with Crippen molar-refractivity contribution in [3.8, 4) is 33.9 Å². The molecule has 144 valence electrons. The maximum absolute atomic E-state index is 13.3. The van der Waals surface area contributed by atoms with Crippen LogP contribution >= 0.6 is 0 Å². The van der Waals surface area contributed by atoms with Crippen LogP contribution in [-0.2, 0) is 0 Å². The summed E-state index contributed by atoms with van der Waals surface area (Å²) >= 11 is 0. The van der Waals surface area contributed by atoms with Gasteiger partial charge in [-0.25, -0.2) is 14.4 Å². The summed E-state index contributed by atoms with van der Waals surface area (Å²) in [5.41, 5.74) is 6.90. The largest absolute Gasteiger partial charge is 0.335 e. The minimum Gasteiger partial charge on any atom is -0.335 e. The normalized spacial score (nSPS) is 11.5. The molecule has 0 radical (unpaired) electrons. The smallest absolute Gasteiger partial charge is 0.161 e. The van der Waals surface area contributed by atoms with Crippen LogP contribution in [-0.4, -0.2) is 40.3 Å². The number of halogens is 1. The fourth-order valence-electron chi connectivity index (χ4n) is 3.50. The number of nitrogens with one attached hydrogen (secondary N) is 3. The van der Waals surface area contributed by atoms with Crippen molar-refractivity contribution in [2.24, 2.45) is 0 Å². The number of nitrogens with zero attached hydrogens (tertiary/aromatic N) is 5. The molecule has 0 bridgehead atoms. The lowest BCUT2D eigenvalue weighted by molar-refractivity contribution is 0.628. The third-order valence-corrected chi connectivity index (χ3v) is 4.98. The van der Waals surface area contributed by atoms with Crippen LogP contribution in [0.1, 0.15) is 0 Å². The SMILES string of the molecule is Fc1ccc(-c2cncc3[nH]c(-c4n[nH]c5ccc(-c6cn[nH]c6)nc45)nc23)cc1. The Kier molecular flexibility index (Phi) is 3.48. The predicted octanol–water partition coefficient (Wildman–Crippen LogP) is 4.09. The molecular formula is C21H13FN8. The molecule has 0 saturated carbocycles. The molecular weight excluding hydrogens is 383 g/mol. The molecule has 3 N–H and O–H groups in total. The van der Waals surface area contributed by atoms with Crippen LogP contribution < -0.4 is 0 Å². The number of aromatic amines is 3. The molecule has 0 spiro atoms. The van der Waals surface area contributed by atoms with Gasteiger partial charge in [0.25, 0.3) is 0 Å². The molecule has 0 atom stereocenters. The molecule has 0 fully saturated rings. The summed E-state index contributed by atoms with van der Waals surface area (Å²) in [5.74, 6) is 0.286. The number of hydrogen-bond acceptors (Lipinski definition) is 5. The van der Waals surface area contributed by atoms with Gasteiger partial charge in [0.05, 0.1) is 34.6 Å². The van der Waals surface area contributed by atoms with Gasteiger partial charge in [0.2, 0.25) is 0 Å². The fourth-order valence-corrected chi connectivity index (χ4v) is 3.50. The molecule has 8 nitrogen and oxygen atoms in total. The minimum atomic E-state index is -0.288.